The molecule has 8 heteroatoms. The minimum absolute atomic E-state index is 0.124. The Morgan fingerprint density at radius 3 is 2.96 bits per heavy atom. The second-order valence-electron chi connectivity index (χ2n) is 5.88. The van der Waals surface area contributed by atoms with Gasteiger partial charge in [0, 0.05) is 24.5 Å². The van der Waals surface area contributed by atoms with E-state index in [-0.39, 0.29) is 12.6 Å². The van der Waals surface area contributed by atoms with Crippen LogP contribution in [0.2, 0.25) is 0 Å². The molecule has 3 aromatic rings. The van der Waals surface area contributed by atoms with Gasteiger partial charge in [0.25, 0.3) is 5.89 Å². The summed E-state index contributed by atoms with van der Waals surface area (Å²) in [4.78, 5) is 10.1. The van der Waals surface area contributed by atoms with Gasteiger partial charge in [0.2, 0.25) is 5.89 Å². The lowest BCUT2D eigenvalue weighted by molar-refractivity contribution is 0.212. The predicted octanol–water partition coefficient (Wildman–Crippen LogP) is 3.14. The van der Waals surface area contributed by atoms with Gasteiger partial charge in [-0.25, -0.2) is 13.8 Å². The van der Waals surface area contributed by atoms with Crippen molar-refractivity contribution in [3.63, 3.8) is 0 Å². The number of rotatable bonds is 4. The Balaban J connectivity index is 1.56. The molecule has 0 saturated carbocycles. The van der Waals surface area contributed by atoms with E-state index in [0.717, 1.165) is 25.5 Å². The van der Waals surface area contributed by atoms with Crippen molar-refractivity contribution in [2.45, 2.75) is 25.4 Å². The highest BCUT2D eigenvalue weighted by atomic mass is 19.2. The van der Waals surface area contributed by atoms with Crippen molar-refractivity contribution in [2.75, 3.05) is 6.54 Å². The molecule has 0 spiro atoms. The fraction of sp³-hybridized carbons (Fsp3) is 0.294. The second-order valence-corrected chi connectivity index (χ2v) is 5.88. The van der Waals surface area contributed by atoms with Gasteiger partial charge in [0.05, 0.1) is 12.2 Å². The minimum Gasteiger partial charge on any atom is -0.417 e. The average Bonchev–Trinajstić information content (AvgIpc) is 3.29. The second kappa shape index (κ2) is 6.64. The maximum Gasteiger partial charge on any atom is 0.267 e. The molecule has 128 valence electrons. The number of likely N-dealkylation sites (tertiary alicyclic amines) is 1. The van der Waals surface area contributed by atoms with Crippen molar-refractivity contribution >= 4 is 0 Å². The van der Waals surface area contributed by atoms with Gasteiger partial charge >= 0.3 is 0 Å². The lowest BCUT2D eigenvalue weighted by Crippen LogP contribution is -2.23. The normalized spacial score (nSPS) is 17.9. The first-order valence-electron chi connectivity index (χ1n) is 7.99. The summed E-state index contributed by atoms with van der Waals surface area (Å²) >= 11 is 0. The van der Waals surface area contributed by atoms with E-state index in [4.69, 9.17) is 4.42 Å². The first-order chi connectivity index (χ1) is 12.2. The molecular weight excluding hydrogens is 328 g/mol. The molecule has 2 aromatic heterocycles. The highest BCUT2D eigenvalue weighted by molar-refractivity contribution is 5.43. The van der Waals surface area contributed by atoms with Crippen molar-refractivity contribution in [1.29, 1.82) is 0 Å². The van der Waals surface area contributed by atoms with E-state index in [0.29, 0.717) is 23.0 Å². The largest absolute Gasteiger partial charge is 0.417 e. The Labute approximate surface area is 142 Å². The lowest BCUT2D eigenvalue weighted by atomic mass is 10.1. The van der Waals surface area contributed by atoms with Crippen LogP contribution in [0.15, 0.2) is 41.2 Å². The van der Waals surface area contributed by atoms with Crippen LogP contribution in [0.4, 0.5) is 8.78 Å². The first-order valence-corrected chi connectivity index (χ1v) is 7.99. The zero-order valence-corrected chi connectivity index (χ0v) is 13.3. The zero-order valence-electron chi connectivity index (χ0n) is 13.3. The number of hydrogen-bond donors (Lipinski definition) is 0. The van der Waals surface area contributed by atoms with Gasteiger partial charge in [0.1, 0.15) is 5.69 Å². The average molecular weight is 343 g/mol. The van der Waals surface area contributed by atoms with Crippen molar-refractivity contribution in [3.8, 4) is 11.6 Å². The molecule has 1 aliphatic rings. The van der Waals surface area contributed by atoms with E-state index in [9.17, 15) is 8.78 Å². The first kappa shape index (κ1) is 15.8. The number of nitrogens with zero attached hydrogens (tertiary/aromatic N) is 5. The lowest BCUT2D eigenvalue weighted by Gasteiger charge is -2.21. The Morgan fingerprint density at radius 2 is 2.12 bits per heavy atom. The number of halogens is 2. The van der Waals surface area contributed by atoms with Gasteiger partial charge in [-0.05, 0) is 25.5 Å². The molecule has 3 heterocycles. The molecule has 0 aliphatic carbocycles. The molecule has 25 heavy (non-hydrogen) atoms. The van der Waals surface area contributed by atoms with Crippen LogP contribution in [0, 0.1) is 11.6 Å². The molecule has 0 amide bonds. The van der Waals surface area contributed by atoms with Gasteiger partial charge in [-0.2, -0.15) is 0 Å². The monoisotopic (exact) mass is 343 g/mol. The third-order valence-electron chi connectivity index (χ3n) is 4.28. The molecule has 0 N–H and O–H groups in total. The molecule has 1 fully saturated rings. The number of aromatic nitrogens is 4. The van der Waals surface area contributed by atoms with E-state index in [2.05, 4.69) is 20.2 Å². The molecule has 0 radical (unpaired) electrons. The molecular formula is C17H15F2N5O. The summed E-state index contributed by atoms with van der Waals surface area (Å²) in [5.41, 5.74) is 0.822. The molecule has 1 aliphatic heterocycles. The Bertz CT molecular complexity index is 870. The molecule has 0 unspecified atom stereocenters. The van der Waals surface area contributed by atoms with Crippen LogP contribution in [0.25, 0.3) is 11.6 Å². The van der Waals surface area contributed by atoms with E-state index in [1.807, 2.05) is 4.90 Å². The van der Waals surface area contributed by atoms with Crippen molar-refractivity contribution in [1.82, 2.24) is 25.1 Å². The van der Waals surface area contributed by atoms with Crippen LogP contribution in [0.5, 0.6) is 0 Å². The van der Waals surface area contributed by atoms with E-state index < -0.39 is 11.6 Å². The summed E-state index contributed by atoms with van der Waals surface area (Å²) in [6.07, 6.45) is 6.40. The maximum atomic E-state index is 13.9. The van der Waals surface area contributed by atoms with E-state index >= 15 is 0 Å². The van der Waals surface area contributed by atoms with Crippen LogP contribution < -0.4 is 0 Å². The van der Waals surface area contributed by atoms with Gasteiger partial charge in [-0.15, -0.1) is 10.2 Å². The third kappa shape index (κ3) is 3.12. The summed E-state index contributed by atoms with van der Waals surface area (Å²) in [6.45, 7) is 1.04. The quantitative estimate of drug-likeness (QED) is 0.725. The smallest absolute Gasteiger partial charge is 0.267 e. The van der Waals surface area contributed by atoms with Gasteiger partial charge in [-0.1, -0.05) is 12.1 Å². The van der Waals surface area contributed by atoms with Gasteiger partial charge in [0.15, 0.2) is 11.6 Å². The van der Waals surface area contributed by atoms with Crippen LogP contribution >= 0.6 is 0 Å². The fourth-order valence-electron chi connectivity index (χ4n) is 3.07. The van der Waals surface area contributed by atoms with E-state index in [1.165, 1.54) is 6.07 Å². The molecule has 1 saturated heterocycles. The predicted molar refractivity (Wildman–Crippen MR) is 84.1 cm³/mol. The molecule has 4 rings (SSSR count). The summed E-state index contributed by atoms with van der Waals surface area (Å²) in [6, 6.07) is 4.09. The SMILES string of the molecule is Fc1cccc(CN2CCC[C@@H]2c2nnc(-c3cnccn3)o2)c1F. The summed E-state index contributed by atoms with van der Waals surface area (Å²) in [5.74, 6) is -0.892. The minimum atomic E-state index is -0.837. The van der Waals surface area contributed by atoms with Crippen LogP contribution in [0.1, 0.15) is 30.3 Å². The van der Waals surface area contributed by atoms with Gasteiger partial charge in [-0.3, -0.25) is 9.88 Å². The summed E-state index contributed by atoms with van der Waals surface area (Å²) in [5, 5.41) is 8.14. The summed E-state index contributed by atoms with van der Waals surface area (Å²) < 4.78 is 33.1. The topological polar surface area (TPSA) is 67.9 Å². The number of benzene rings is 1. The molecule has 1 atom stereocenters. The highest BCUT2D eigenvalue weighted by Crippen LogP contribution is 2.33. The van der Waals surface area contributed by atoms with Crippen LogP contribution in [0.3, 0.4) is 0 Å². The fourth-order valence-corrected chi connectivity index (χ4v) is 3.07. The zero-order chi connectivity index (χ0) is 17.2. The Kier molecular flexibility index (Phi) is 4.19. The Morgan fingerprint density at radius 1 is 1.20 bits per heavy atom. The standard InChI is InChI=1S/C17H15F2N5O/c18-12-4-1-3-11(15(12)19)10-24-8-2-5-14(24)17-23-22-16(25-17)13-9-20-6-7-21-13/h1,3-4,6-7,9,14H,2,5,8,10H2/t14-/m1/s1. The van der Waals surface area contributed by atoms with E-state index in [1.54, 1.807) is 24.7 Å². The van der Waals surface area contributed by atoms with Crippen molar-refractivity contribution in [3.05, 3.63) is 59.9 Å². The maximum absolute atomic E-state index is 13.9. The van der Waals surface area contributed by atoms with Crippen LogP contribution in [-0.2, 0) is 6.54 Å². The molecule has 6 nitrogen and oxygen atoms in total. The highest BCUT2D eigenvalue weighted by Gasteiger charge is 2.31. The molecule has 0 bridgehead atoms. The van der Waals surface area contributed by atoms with Crippen LogP contribution in [-0.4, -0.2) is 31.6 Å². The Hall–Kier alpha value is -2.74. The number of hydrogen-bond acceptors (Lipinski definition) is 6. The van der Waals surface area contributed by atoms with Crippen molar-refractivity contribution in [2.24, 2.45) is 0 Å². The molecule has 1 aromatic carbocycles. The summed E-state index contributed by atoms with van der Waals surface area (Å²) in [7, 11) is 0. The van der Waals surface area contributed by atoms with Crippen molar-refractivity contribution < 1.29 is 13.2 Å². The third-order valence-corrected chi connectivity index (χ3v) is 4.28. The van der Waals surface area contributed by atoms with Gasteiger partial charge < -0.3 is 4.42 Å².